The smallest absolute Gasteiger partial charge is 0.145 e. The zero-order valence-electron chi connectivity index (χ0n) is 11.3. The second-order valence-corrected chi connectivity index (χ2v) is 6.20. The SMILES string of the molecule is CC(C)n1ncc(Br)c1C(N)Cc1cccc(Cl)c1F. The number of halogens is 3. The van der Waals surface area contributed by atoms with Crippen LogP contribution in [0.4, 0.5) is 4.39 Å². The van der Waals surface area contributed by atoms with Gasteiger partial charge in [0.15, 0.2) is 0 Å². The maximum Gasteiger partial charge on any atom is 0.145 e. The number of hydrogen-bond acceptors (Lipinski definition) is 2. The maximum atomic E-state index is 13.9. The van der Waals surface area contributed by atoms with Gasteiger partial charge >= 0.3 is 0 Å². The van der Waals surface area contributed by atoms with Crippen molar-refractivity contribution < 1.29 is 4.39 Å². The molecule has 1 heterocycles. The molecule has 0 radical (unpaired) electrons. The van der Waals surface area contributed by atoms with Crippen molar-refractivity contribution in [1.29, 1.82) is 0 Å². The van der Waals surface area contributed by atoms with Crippen LogP contribution in [0.3, 0.4) is 0 Å². The van der Waals surface area contributed by atoms with Crippen molar-refractivity contribution >= 4 is 27.5 Å². The molecule has 0 spiro atoms. The molecule has 0 aliphatic carbocycles. The fourth-order valence-electron chi connectivity index (χ4n) is 2.15. The Morgan fingerprint density at radius 3 is 2.80 bits per heavy atom. The highest BCUT2D eigenvalue weighted by atomic mass is 79.9. The van der Waals surface area contributed by atoms with Crippen molar-refractivity contribution in [3.05, 3.63) is 51.0 Å². The molecule has 1 atom stereocenters. The minimum Gasteiger partial charge on any atom is -0.322 e. The van der Waals surface area contributed by atoms with Crippen molar-refractivity contribution in [2.75, 3.05) is 0 Å². The second-order valence-electron chi connectivity index (χ2n) is 4.94. The van der Waals surface area contributed by atoms with E-state index < -0.39 is 5.82 Å². The first kappa shape index (κ1) is 15.5. The van der Waals surface area contributed by atoms with Crippen LogP contribution in [-0.4, -0.2) is 9.78 Å². The van der Waals surface area contributed by atoms with Gasteiger partial charge in [0.1, 0.15) is 5.82 Å². The lowest BCUT2D eigenvalue weighted by Crippen LogP contribution is -2.20. The summed E-state index contributed by atoms with van der Waals surface area (Å²) in [7, 11) is 0. The minimum absolute atomic E-state index is 0.117. The summed E-state index contributed by atoms with van der Waals surface area (Å²) < 4.78 is 16.6. The van der Waals surface area contributed by atoms with Gasteiger partial charge in [-0.15, -0.1) is 0 Å². The fraction of sp³-hybridized carbons (Fsp3) is 0.357. The fourth-order valence-corrected chi connectivity index (χ4v) is 2.91. The average Bonchev–Trinajstić information content (AvgIpc) is 2.77. The standard InChI is InChI=1S/C14H16BrClFN3/c1-8(2)20-14(10(15)7-19-20)12(18)6-9-4-3-5-11(16)13(9)17/h3-5,7-8,12H,6,18H2,1-2H3. The molecule has 1 aromatic heterocycles. The van der Waals surface area contributed by atoms with Crippen molar-refractivity contribution in [1.82, 2.24) is 9.78 Å². The normalized spacial score (nSPS) is 12.9. The predicted molar refractivity (Wildman–Crippen MR) is 82.4 cm³/mol. The Morgan fingerprint density at radius 2 is 2.15 bits per heavy atom. The van der Waals surface area contributed by atoms with E-state index in [1.807, 2.05) is 18.5 Å². The molecular weight excluding hydrogens is 345 g/mol. The molecule has 20 heavy (non-hydrogen) atoms. The molecule has 1 aromatic carbocycles. The van der Waals surface area contributed by atoms with E-state index in [-0.39, 0.29) is 17.1 Å². The molecule has 2 N–H and O–H groups in total. The van der Waals surface area contributed by atoms with Gasteiger partial charge in [-0.05, 0) is 47.8 Å². The molecule has 2 aromatic rings. The monoisotopic (exact) mass is 359 g/mol. The van der Waals surface area contributed by atoms with Crippen LogP contribution in [0.25, 0.3) is 0 Å². The Bertz CT molecular complexity index is 612. The first-order valence-electron chi connectivity index (χ1n) is 6.33. The van der Waals surface area contributed by atoms with E-state index >= 15 is 0 Å². The van der Waals surface area contributed by atoms with Gasteiger partial charge in [0.2, 0.25) is 0 Å². The molecule has 0 aliphatic heterocycles. The molecule has 108 valence electrons. The third kappa shape index (κ3) is 3.05. The molecular formula is C14H16BrClFN3. The lowest BCUT2D eigenvalue weighted by atomic mass is 10.0. The topological polar surface area (TPSA) is 43.8 Å². The molecule has 0 aliphatic rings. The van der Waals surface area contributed by atoms with E-state index in [1.54, 1.807) is 18.3 Å². The van der Waals surface area contributed by atoms with Gasteiger partial charge in [-0.3, -0.25) is 4.68 Å². The zero-order valence-corrected chi connectivity index (χ0v) is 13.6. The third-order valence-corrected chi connectivity index (χ3v) is 4.00. The summed E-state index contributed by atoms with van der Waals surface area (Å²) in [5, 5.41) is 4.40. The highest BCUT2D eigenvalue weighted by Crippen LogP contribution is 2.28. The maximum absolute atomic E-state index is 13.9. The highest BCUT2D eigenvalue weighted by Gasteiger charge is 2.20. The minimum atomic E-state index is -0.406. The molecule has 0 fully saturated rings. The van der Waals surface area contributed by atoms with Gasteiger partial charge in [0.05, 0.1) is 27.4 Å². The van der Waals surface area contributed by atoms with Crippen LogP contribution < -0.4 is 5.73 Å². The summed E-state index contributed by atoms with van der Waals surface area (Å²) >= 11 is 9.24. The lowest BCUT2D eigenvalue weighted by molar-refractivity contribution is 0.481. The molecule has 1 unspecified atom stereocenters. The van der Waals surface area contributed by atoms with Gasteiger partial charge in [-0.2, -0.15) is 5.10 Å². The van der Waals surface area contributed by atoms with Crippen LogP contribution in [0.2, 0.25) is 5.02 Å². The summed E-state index contributed by atoms with van der Waals surface area (Å²) in [6, 6.07) is 4.78. The van der Waals surface area contributed by atoms with Crippen LogP contribution >= 0.6 is 27.5 Å². The Morgan fingerprint density at radius 1 is 1.45 bits per heavy atom. The number of nitrogens with zero attached hydrogens (tertiary/aromatic N) is 2. The van der Waals surface area contributed by atoms with Crippen molar-refractivity contribution in [2.45, 2.75) is 32.4 Å². The summed E-state index contributed by atoms with van der Waals surface area (Å²) in [6.45, 7) is 4.05. The highest BCUT2D eigenvalue weighted by molar-refractivity contribution is 9.10. The quantitative estimate of drug-likeness (QED) is 0.885. The molecule has 6 heteroatoms. The first-order valence-corrected chi connectivity index (χ1v) is 7.50. The van der Waals surface area contributed by atoms with Gasteiger partial charge < -0.3 is 5.73 Å². The molecule has 3 nitrogen and oxygen atoms in total. The van der Waals surface area contributed by atoms with Crippen LogP contribution in [0.15, 0.2) is 28.9 Å². The van der Waals surface area contributed by atoms with E-state index in [0.717, 1.165) is 10.2 Å². The molecule has 2 rings (SSSR count). The van der Waals surface area contributed by atoms with Gasteiger partial charge in [-0.25, -0.2) is 4.39 Å². The van der Waals surface area contributed by atoms with Crippen molar-refractivity contribution in [3.8, 4) is 0 Å². The van der Waals surface area contributed by atoms with Gasteiger partial charge in [-0.1, -0.05) is 23.7 Å². The lowest BCUT2D eigenvalue weighted by Gasteiger charge is -2.18. The second kappa shape index (κ2) is 6.24. The Balaban J connectivity index is 2.31. The number of hydrogen-bond donors (Lipinski definition) is 1. The molecule has 0 amide bonds. The Hall–Kier alpha value is -0.910. The van der Waals surface area contributed by atoms with E-state index in [9.17, 15) is 4.39 Å². The summed E-state index contributed by atoms with van der Waals surface area (Å²) in [4.78, 5) is 0. The molecule has 0 bridgehead atoms. The van der Waals surface area contributed by atoms with Crippen LogP contribution in [0.1, 0.15) is 37.2 Å². The summed E-state index contributed by atoms with van der Waals surface area (Å²) in [5.74, 6) is -0.406. The Labute approximate surface area is 131 Å². The first-order chi connectivity index (χ1) is 9.41. The molecule has 0 saturated heterocycles. The van der Waals surface area contributed by atoms with E-state index in [2.05, 4.69) is 21.0 Å². The summed E-state index contributed by atoms with van der Waals surface area (Å²) in [5.41, 5.74) is 7.60. The summed E-state index contributed by atoms with van der Waals surface area (Å²) in [6.07, 6.45) is 2.08. The van der Waals surface area contributed by atoms with E-state index in [4.69, 9.17) is 17.3 Å². The van der Waals surface area contributed by atoms with Gasteiger partial charge in [0.25, 0.3) is 0 Å². The number of aromatic nitrogens is 2. The molecule has 0 saturated carbocycles. The number of rotatable bonds is 4. The predicted octanol–water partition coefficient (Wildman–Crippen LogP) is 4.26. The number of benzene rings is 1. The zero-order chi connectivity index (χ0) is 14.9. The van der Waals surface area contributed by atoms with Crippen molar-refractivity contribution in [3.63, 3.8) is 0 Å². The van der Waals surface area contributed by atoms with Crippen LogP contribution in [0.5, 0.6) is 0 Å². The van der Waals surface area contributed by atoms with Crippen LogP contribution in [0, 0.1) is 5.82 Å². The Kier molecular flexibility index (Phi) is 4.83. The van der Waals surface area contributed by atoms with Crippen LogP contribution in [-0.2, 0) is 6.42 Å². The van der Waals surface area contributed by atoms with E-state index in [0.29, 0.717) is 12.0 Å². The van der Waals surface area contributed by atoms with E-state index in [1.165, 1.54) is 6.07 Å². The largest absolute Gasteiger partial charge is 0.322 e. The third-order valence-electron chi connectivity index (χ3n) is 3.10. The van der Waals surface area contributed by atoms with Crippen molar-refractivity contribution in [2.24, 2.45) is 5.73 Å². The average molecular weight is 361 g/mol. The number of nitrogens with two attached hydrogens (primary N) is 1. The van der Waals surface area contributed by atoms with Gasteiger partial charge in [0, 0.05) is 6.04 Å².